The first-order valence-electron chi connectivity index (χ1n) is 9.35. The average Bonchev–Trinajstić information content (AvgIpc) is 2.93. The third-order valence-corrected chi connectivity index (χ3v) is 6.96. The molecular formula is C19H27N3OS. The maximum atomic E-state index is 12.7. The molecule has 0 spiro atoms. The molecule has 2 aliphatic rings. The Kier molecular flexibility index (Phi) is 4.48. The van der Waals surface area contributed by atoms with Crippen LogP contribution in [0.3, 0.4) is 0 Å². The number of hydrogen-bond acceptors (Lipinski definition) is 4. The van der Waals surface area contributed by atoms with Gasteiger partial charge in [-0.3, -0.25) is 9.69 Å². The van der Waals surface area contributed by atoms with E-state index in [1.807, 2.05) is 0 Å². The van der Waals surface area contributed by atoms with Gasteiger partial charge in [-0.15, -0.1) is 11.3 Å². The number of nitrogens with zero attached hydrogens (tertiary/aromatic N) is 2. The van der Waals surface area contributed by atoms with Crippen LogP contribution in [0.25, 0.3) is 10.2 Å². The molecule has 2 aromatic heterocycles. The third kappa shape index (κ3) is 3.04. The minimum Gasteiger partial charge on any atom is -0.309 e. The Labute approximate surface area is 147 Å². The largest absolute Gasteiger partial charge is 0.309 e. The Morgan fingerprint density at radius 1 is 1.25 bits per heavy atom. The molecule has 2 aliphatic carbocycles. The number of hydrogen-bond donors (Lipinski definition) is 1. The predicted molar refractivity (Wildman–Crippen MR) is 99.8 cm³/mol. The van der Waals surface area contributed by atoms with Crippen molar-refractivity contribution in [3.63, 3.8) is 0 Å². The summed E-state index contributed by atoms with van der Waals surface area (Å²) in [5.41, 5.74) is 1.34. The summed E-state index contributed by atoms with van der Waals surface area (Å²) in [6.07, 6.45) is 9.88. The third-order valence-electron chi connectivity index (χ3n) is 5.81. The normalized spacial score (nSPS) is 22.2. The minimum atomic E-state index is 0.0686. The first kappa shape index (κ1) is 16.3. The van der Waals surface area contributed by atoms with Crippen LogP contribution >= 0.6 is 11.3 Å². The highest BCUT2D eigenvalue weighted by Crippen LogP contribution is 2.35. The molecule has 2 heterocycles. The lowest BCUT2D eigenvalue weighted by Crippen LogP contribution is -2.34. The summed E-state index contributed by atoms with van der Waals surface area (Å²) < 4.78 is 0. The molecule has 4 rings (SSSR count). The van der Waals surface area contributed by atoms with Crippen LogP contribution in [0.4, 0.5) is 0 Å². The number of H-pyrrole nitrogens is 1. The number of aryl methyl sites for hydroxylation is 1. The van der Waals surface area contributed by atoms with E-state index >= 15 is 0 Å². The summed E-state index contributed by atoms with van der Waals surface area (Å²) >= 11 is 1.74. The second-order valence-corrected chi connectivity index (χ2v) is 8.84. The topological polar surface area (TPSA) is 49.0 Å². The van der Waals surface area contributed by atoms with Crippen molar-refractivity contribution in [1.82, 2.24) is 14.9 Å². The lowest BCUT2D eigenvalue weighted by molar-refractivity contribution is 0.181. The molecule has 0 bridgehead atoms. The fourth-order valence-electron chi connectivity index (χ4n) is 4.36. The Bertz CT molecular complexity index is 788. The molecule has 1 saturated carbocycles. The van der Waals surface area contributed by atoms with Gasteiger partial charge in [0.15, 0.2) is 0 Å². The van der Waals surface area contributed by atoms with Crippen molar-refractivity contribution in [2.45, 2.75) is 70.9 Å². The van der Waals surface area contributed by atoms with E-state index in [2.05, 4.69) is 23.9 Å². The van der Waals surface area contributed by atoms with Gasteiger partial charge >= 0.3 is 0 Å². The summed E-state index contributed by atoms with van der Waals surface area (Å²) in [6, 6.07) is 0.636. The van der Waals surface area contributed by atoms with Crippen LogP contribution in [0.15, 0.2) is 4.79 Å². The van der Waals surface area contributed by atoms with Crippen LogP contribution in [0.2, 0.25) is 0 Å². The van der Waals surface area contributed by atoms with Crippen molar-refractivity contribution in [2.75, 3.05) is 7.05 Å². The predicted octanol–water partition coefficient (Wildman–Crippen LogP) is 3.87. The maximum Gasteiger partial charge on any atom is 0.259 e. The standard InChI is InChI=1S/C19H27N3OS/c1-12-8-9-14-15(10-12)24-19-17(14)18(23)20-16(21-19)11-22(2)13-6-4-3-5-7-13/h12-13H,3-11H2,1-2H3,(H,20,21,23). The maximum absolute atomic E-state index is 12.7. The van der Waals surface area contributed by atoms with E-state index in [0.29, 0.717) is 6.04 Å². The molecule has 0 aliphatic heterocycles. The van der Waals surface area contributed by atoms with Crippen molar-refractivity contribution in [1.29, 1.82) is 0 Å². The van der Waals surface area contributed by atoms with Gasteiger partial charge in [0.2, 0.25) is 0 Å². The highest BCUT2D eigenvalue weighted by atomic mass is 32.1. The van der Waals surface area contributed by atoms with Crippen LogP contribution < -0.4 is 5.56 Å². The summed E-state index contributed by atoms with van der Waals surface area (Å²) in [6.45, 7) is 3.05. The molecule has 1 fully saturated rings. The van der Waals surface area contributed by atoms with Gasteiger partial charge in [-0.2, -0.15) is 0 Å². The zero-order valence-electron chi connectivity index (χ0n) is 14.7. The molecular weight excluding hydrogens is 318 g/mol. The van der Waals surface area contributed by atoms with Gasteiger partial charge in [0, 0.05) is 10.9 Å². The highest BCUT2D eigenvalue weighted by molar-refractivity contribution is 7.18. The van der Waals surface area contributed by atoms with Crippen molar-refractivity contribution in [2.24, 2.45) is 5.92 Å². The smallest absolute Gasteiger partial charge is 0.259 e. The van der Waals surface area contributed by atoms with Crippen molar-refractivity contribution in [3.8, 4) is 0 Å². The lowest BCUT2D eigenvalue weighted by Gasteiger charge is -2.30. The highest BCUT2D eigenvalue weighted by Gasteiger charge is 2.24. The molecule has 2 aromatic rings. The van der Waals surface area contributed by atoms with Crippen LogP contribution in [-0.4, -0.2) is 28.0 Å². The summed E-state index contributed by atoms with van der Waals surface area (Å²) in [5.74, 6) is 1.55. The lowest BCUT2D eigenvalue weighted by atomic mass is 9.89. The zero-order chi connectivity index (χ0) is 16.7. The first-order chi connectivity index (χ1) is 11.6. The van der Waals surface area contributed by atoms with Crippen LogP contribution in [0.1, 0.15) is 61.7 Å². The Morgan fingerprint density at radius 3 is 2.83 bits per heavy atom. The quantitative estimate of drug-likeness (QED) is 0.918. The molecule has 5 heteroatoms. The summed E-state index contributed by atoms with van der Waals surface area (Å²) in [7, 11) is 2.17. The number of rotatable bonds is 3. The van der Waals surface area contributed by atoms with Gasteiger partial charge < -0.3 is 4.98 Å². The molecule has 1 unspecified atom stereocenters. The molecule has 4 nitrogen and oxygen atoms in total. The second-order valence-electron chi connectivity index (χ2n) is 7.75. The van der Waals surface area contributed by atoms with Gasteiger partial charge in [0.25, 0.3) is 5.56 Å². The first-order valence-corrected chi connectivity index (χ1v) is 10.2. The minimum absolute atomic E-state index is 0.0686. The number of aromatic amines is 1. The molecule has 0 aromatic carbocycles. The van der Waals surface area contributed by atoms with E-state index < -0.39 is 0 Å². The molecule has 0 radical (unpaired) electrons. The van der Waals surface area contributed by atoms with Crippen LogP contribution in [0, 0.1) is 5.92 Å². The summed E-state index contributed by atoms with van der Waals surface area (Å²) in [4.78, 5) is 25.3. The number of thiophene rings is 1. The Balaban J connectivity index is 1.62. The fraction of sp³-hybridized carbons (Fsp3) is 0.684. The van der Waals surface area contributed by atoms with E-state index in [0.717, 1.165) is 41.3 Å². The molecule has 24 heavy (non-hydrogen) atoms. The Hall–Kier alpha value is -1.20. The molecule has 130 valence electrons. The van der Waals surface area contributed by atoms with Gasteiger partial charge in [-0.05, 0) is 50.6 Å². The van der Waals surface area contributed by atoms with Crippen LogP contribution in [-0.2, 0) is 19.4 Å². The van der Waals surface area contributed by atoms with Crippen molar-refractivity contribution < 1.29 is 0 Å². The van der Waals surface area contributed by atoms with Crippen LogP contribution in [0.5, 0.6) is 0 Å². The summed E-state index contributed by atoms with van der Waals surface area (Å²) in [5, 5.41) is 0.867. The SMILES string of the molecule is CC1CCc2c(sc3nc(CN(C)C4CCCCC4)[nH]c(=O)c23)C1. The number of aromatic nitrogens is 2. The Morgan fingerprint density at radius 2 is 2.04 bits per heavy atom. The molecule has 1 N–H and O–H groups in total. The van der Waals surface area contributed by atoms with E-state index in [-0.39, 0.29) is 5.56 Å². The van der Waals surface area contributed by atoms with Crippen molar-refractivity contribution >= 4 is 21.6 Å². The van der Waals surface area contributed by atoms with Crippen molar-refractivity contribution in [3.05, 3.63) is 26.6 Å². The van der Waals surface area contributed by atoms with Gasteiger partial charge in [0.05, 0.1) is 11.9 Å². The van der Waals surface area contributed by atoms with Gasteiger partial charge in [0.1, 0.15) is 10.7 Å². The monoisotopic (exact) mass is 345 g/mol. The molecule has 0 saturated heterocycles. The van der Waals surface area contributed by atoms with Gasteiger partial charge in [-0.25, -0.2) is 4.98 Å². The number of fused-ring (bicyclic) bond motifs is 3. The van der Waals surface area contributed by atoms with E-state index in [9.17, 15) is 4.79 Å². The van der Waals surface area contributed by atoms with E-state index in [4.69, 9.17) is 4.98 Å². The van der Waals surface area contributed by atoms with E-state index in [1.165, 1.54) is 49.0 Å². The zero-order valence-corrected chi connectivity index (χ0v) is 15.5. The van der Waals surface area contributed by atoms with E-state index in [1.54, 1.807) is 11.3 Å². The van der Waals surface area contributed by atoms with Gasteiger partial charge in [-0.1, -0.05) is 26.2 Å². The number of nitrogens with one attached hydrogen (secondary N) is 1. The molecule has 1 atom stereocenters. The average molecular weight is 346 g/mol. The fourth-order valence-corrected chi connectivity index (χ4v) is 5.76. The second kappa shape index (κ2) is 6.60. The molecule has 0 amide bonds.